The lowest BCUT2D eigenvalue weighted by Gasteiger charge is -2.34. The summed E-state index contributed by atoms with van der Waals surface area (Å²) in [5, 5.41) is 8.13. The van der Waals surface area contributed by atoms with Gasteiger partial charge in [0.15, 0.2) is 5.60 Å². The molecule has 0 rings (SSSR count). The molecule has 0 radical (unpaired) electrons. The molecule has 1 N–H and O–H groups in total. The number of hydrogen-bond acceptors (Lipinski definition) is 3. The molecule has 0 amide bonds. The maximum atomic E-state index is 12.9. The molecule has 0 aliphatic heterocycles. The summed E-state index contributed by atoms with van der Waals surface area (Å²) in [7, 11) is 0. The molecule has 0 heterocycles. The van der Waals surface area contributed by atoms with Crippen LogP contribution in [0.3, 0.4) is 0 Å². The summed E-state index contributed by atoms with van der Waals surface area (Å²) in [5.41, 5.74) is -3.16. The van der Waals surface area contributed by atoms with Gasteiger partial charge in [0, 0.05) is 12.2 Å². The summed E-state index contributed by atoms with van der Waals surface area (Å²) < 4.78 is 65.9. The normalized spacial score (nSPS) is 13.7. The fraction of sp³-hybridized carbons (Fsp3) is 0.556. The van der Waals surface area contributed by atoms with Crippen molar-refractivity contribution in [3.8, 4) is 0 Å². The molecule has 0 bridgehead atoms. The zero-order chi connectivity index (χ0) is 14.8. The van der Waals surface area contributed by atoms with Gasteiger partial charge in [-0.15, -0.1) is 0 Å². The van der Waals surface area contributed by atoms with Crippen LogP contribution in [0.25, 0.3) is 0 Å². The van der Waals surface area contributed by atoms with Crippen LogP contribution in [0.15, 0.2) is 12.2 Å². The Kier molecular flexibility index (Phi) is 4.45. The van der Waals surface area contributed by atoms with Crippen LogP contribution in [-0.2, 0) is 14.3 Å². The van der Waals surface area contributed by atoms with Crippen LogP contribution in [0.5, 0.6) is 0 Å². The first-order valence-corrected chi connectivity index (χ1v) is 4.40. The molecular weight excluding hydrogens is 267 g/mol. The smallest absolute Gasteiger partial charge is 0.457 e. The minimum atomic E-state index is -5.90. The van der Waals surface area contributed by atoms with Gasteiger partial charge in [0.05, 0.1) is 0 Å². The van der Waals surface area contributed by atoms with E-state index in [0.29, 0.717) is 13.8 Å². The number of alkyl halides is 5. The second kappa shape index (κ2) is 4.91. The van der Waals surface area contributed by atoms with Crippen molar-refractivity contribution in [2.75, 3.05) is 0 Å². The molecule has 0 unspecified atom stereocenters. The Morgan fingerprint density at radius 1 is 1.06 bits per heavy atom. The van der Waals surface area contributed by atoms with E-state index in [-0.39, 0.29) is 12.2 Å². The van der Waals surface area contributed by atoms with E-state index in [9.17, 15) is 31.5 Å². The molecule has 0 atom stereocenters. The van der Waals surface area contributed by atoms with Crippen LogP contribution in [0, 0.1) is 0 Å². The lowest BCUT2D eigenvalue weighted by atomic mass is 10.00. The van der Waals surface area contributed by atoms with E-state index in [1.54, 1.807) is 0 Å². The lowest BCUT2D eigenvalue weighted by molar-refractivity contribution is -0.335. The predicted octanol–water partition coefficient (Wildman–Crippen LogP) is 2.15. The topological polar surface area (TPSA) is 63.6 Å². The van der Waals surface area contributed by atoms with E-state index >= 15 is 0 Å². The zero-order valence-corrected chi connectivity index (χ0v) is 9.22. The van der Waals surface area contributed by atoms with E-state index in [4.69, 9.17) is 5.11 Å². The zero-order valence-electron chi connectivity index (χ0n) is 9.22. The van der Waals surface area contributed by atoms with Crippen LogP contribution in [0.2, 0.25) is 0 Å². The lowest BCUT2D eigenvalue weighted by Crippen LogP contribution is -2.55. The number of halogens is 5. The monoisotopic (exact) mass is 276 g/mol. The third-order valence-electron chi connectivity index (χ3n) is 1.83. The van der Waals surface area contributed by atoms with Crippen molar-refractivity contribution in [3.63, 3.8) is 0 Å². The first-order chi connectivity index (χ1) is 7.81. The standard InChI is InChI=1S/C9H9F5O4/c1-7(2,8(10,11)9(12,13)14)18-6(17)4-3-5(15)16/h3-4H,1-2H3,(H,15,16). The highest BCUT2D eigenvalue weighted by Crippen LogP contribution is 2.44. The van der Waals surface area contributed by atoms with Crippen LogP contribution >= 0.6 is 0 Å². The summed E-state index contributed by atoms with van der Waals surface area (Å²) in [6, 6.07) is 0. The van der Waals surface area contributed by atoms with E-state index in [2.05, 4.69) is 4.74 Å². The predicted molar refractivity (Wildman–Crippen MR) is 47.9 cm³/mol. The first-order valence-electron chi connectivity index (χ1n) is 4.40. The van der Waals surface area contributed by atoms with E-state index in [0.717, 1.165) is 0 Å². The Hall–Kier alpha value is -1.67. The van der Waals surface area contributed by atoms with Gasteiger partial charge in [-0.3, -0.25) is 0 Å². The molecular formula is C9H9F5O4. The van der Waals surface area contributed by atoms with Gasteiger partial charge in [-0.1, -0.05) is 0 Å². The molecule has 0 spiro atoms. The van der Waals surface area contributed by atoms with Crippen molar-refractivity contribution < 1.29 is 41.4 Å². The number of carbonyl (C=O) groups excluding carboxylic acids is 1. The van der Waals surface area contributed by atoms with Gasteiger partial charge < -0.3 is 9.84 Å². The van der Waals surface area contributed by atoms with Gasteiger partial charge in [-0.05, 0) is 13.8 Å². The van der Waals surface area contributed by atoms with Crippen LogP contribution in [0.1, 0.15) is 13.8 Å². The molecule has 104 valence electrons. The molecule has 18 heavy (non-hydrogen) atoms. The molecule has 0 aliphatic carbocycles. The number of aliphatic carboxylic acids is 1. The molecule has 0 saturated heterocycles. The first kappa shape index (κ1) is 16.3. The third kappa shape index (κ3) is 3.67. The van der Waals surface area contributed by atoms with Crippen LogP contribution in [0.4, 0.5) is 22.0 Å². The van der Waals surface area contributed by atoms with Crippen molar-refractivity contribution >= 4 is 11.9 Å². The SMILES string of the molecule is CC(C)(OC(=O)C=CC(=O)O)C(F)(F)C(F)(F)F. The van der Waals surface area contributed by atoms with Gasteiger partial charge in [-0.2, -0.15) is 22.0 Å². The summed E-state index contributed by atoms with van der Waals surface area (Å²) in [4.78, 5) is 20.9. The van der Waals surface area contributed by atoms with Gasteiger partial charge in [0.2, 0.25) is 0 Å². The van der Waals surface area contributed by atoms with E-state index in [1.165, 1.54) is 0 Å². The highest BCUT2D eigenvalue weighted by molar-refractivity contribution is 5.90. The Balaban J connectivity index is 4.97. The summed E-state index contributed by atoms with van der Waals surface area (Å²) in [6.45, 7) is 0.736. The molecule has 0 aromatic heterocycles. The molecule has 0 aromatic carbocycles. The Morgan fingerprint density at radius 2 is 1.50 bits per heavy atom. The van der Waals surface area contributed by atoms with Crippen LogP contribution < -0.4 is 0 Å². The summed E-state index contributed by atoms with van der Waals surface area (Å²) in [6.07, 6.45) is -5.41. The number of ether oxygens (including phenoxy) is 1. The number of carboxylic acid groups (broad SMARTS) is 1. The maximum Gasteiger partial charge on any atom is 0.457 e. The Morgan fingerprint density at radius 3 is 1.83 bits per heavy atom. The van der Waals surface area contributed by atoms with Crippen molar-refractivity contribution in [1.29, 1.82) is 0 Å². The van der Waals surface area contributed by atoms with Crippen molar-refractivity contribution in [1.82, 2.24) is 0 Å². The molecule has 0 fully saturated rings. The number of carbonyl (C=O) groups is 2. The minimum Gasteiger partial charge on any atom is -0.478 e. The average molecular weight is 276 g/mol. The highest BCUT2D eigenvalue weighted by Gasteiger charge is 2.68. The third-order valence-corrected chi connectivity index (χ3v) is 1.83. The summed E-state index contributed by atoms with van der Waals surface area (Å²) >= 11 is 0. The minimum absolute atomic E-state index is 0.233. The van der Waals surface area contributed by atoms with Gasteiger partial charge in [0.1, 0.15) is 0 Å². The number of rotatable bonds is 4. The maximum absolute atomic E-state index is 12.9. The number of hydrogen-bond donors (Lipinski definition) is 1. The largest absolute Gasteiger partial charge is 0.478 e. The Labute approximate surface area is 98.0 Å². The van der Waals surface area contributed by atoms with Gasteiger partial charge in [0.25, 0.3) is 0 Å². The molecule has 0 saturated carbocycles. The molecule has 4 nitrogen and oxygen atoms in total. The number of carboxylic acids is 1. The molecule has 0 aliphatic rings. The molecule has 9 heteroatoms. The van der Waals surface area contributed by atoms with E-state index in [1.807, 2.05) is 0 Å². The fourth-order valence-corrected chi connectivity index (χ4v) is 0.830. The highest BCUT2D eigenvalue weighted by atomic mass is 19.4. The van der Waals surface area contributed by atoms with Crippen molar-refractivity contribution in [3.05, 3.63) is 12.2 Å². The second-order valence-electron chi connectivity index (χ2n) is 3.68. The Bertz CT molecular complexity index is 370. The van der Waals surface area contributed by atoms with Crippen LogP contribution in [-0.4, -0.2) is 34.7 Å². The average Bonchev–Trinajstić information content (AvgIpc) is 2.11. The quantitative estimate of drug-likeness (QED) is 0.485. The van der Waals surface area contributed by atoms with Crippen molar-refractivity contribution in [2.24, 2.45) is 0 Å². The van der Waals surface area contributed by atoms with Gasteiger partial charge >= 0.3 is 24.0 Å². The molecule has 0 aromatic rings. The second-order valence-corrected chi connectivity index (χ2v) is 3.68. The summed E-state index contributed by atoms with van der Waals surface area (Å²) in [5.74, 6) is -8.47. The van der Waals surface area contributed by atoms with Crippen molar-refractivity contribution in [2.45, 2.75) is 31.5 Å². The number of esters is 1. The van der Waals surface area contributed by atoms with Gasteiger partial charge in [-0.25, -0.2) is 9.59 Å². The fourth-order valence-electron chi connectivity index (χ4n) is 0.830. The van der Waals surface area contributed by atoms with E-state index < -0.39 is 29.6 Å².